The van der Waals surface area contributed by atoms with Crippen molar-refractivity contribution in [1.29, 1.82) is 0 Å². The largest absolute Gasteiger partial charge is 0.385 e. The number of ether oxygens (including phenoxy) is 1. The second kappa shape index (κ2) is 9.09. The van der Waals surface area contributed by atoms with Crippen molar-refractivity contribution in [2.24, 2.45) is 10.9 Å². The molecule has 0 fully saturated rings. The van der Waals surface area contributed by atoms with Crippen LogP contribution >= 0.6 is 35.0 Å². The molecule has 2 rings (SSSR count). The minimum Gasteiger partial charge on any atom is -0.385 e. The molecule has 7 heteroatoms. The number of nitrogens with zero attached hydrogens (tertiary/aromatic N) is 2. The standard InChI is InChI=1S/C17H22Cl2N2O2S/c1-11(2)15-16(22)21(7-4-8-23-3)17(20-15)24-10-12-5-6-13(18)9-14(12)19/h5-6,9,11,15H,4,7-8,10H2,1-3H3. The summed E-state index contributed by atoms with van der Waals surface area (Å²) in [5, 5.41) is 2.01. The van der Waals surface area contributed by atoms with Gasteiger partial charge in [0.2, 0.25) is 0 Å². The third-order valence-corrected chi connectivity index (χ3v) is 5.36. The van der Waals surface area contributed by atoms with Gasteiger partial charge in [0.1, 0.15) is 6.04 Å². The lowest BCUT2D eigenvalue weighted by molar-refractivity contribution is -0.128. The first-order valence-electron chi connectivity index (χ1n) is 7.89. The molecule has 0 N–H and O–H groups in total. The van der Waals surface area contributed by atoms with Crippen molar-refractivity contribution < 1.29 is 9.53 Å². The fourth-order valence-corrected chi connectivity index (χ4v) is 4.02. The van der Waals surface area contributed by atoms with E-state index in [1.54, 1.807) is 18.1 Å². The predicted molar refractivity (Wildman–Crippen MR) is 102 cm³/mol. The summed E-state index contributed by atoms with van der Waals surface area (Å²) < 4.78 is 5.09. The Balaban J connectivity index is 2.08. The van der Waals surface area contributed by atoms with Gasteiger partial charge in [0, 0.05) is 36.1 Å². The van der Waals surface area contributed by atoms with Gasteiger partial charge in [0.25, 0.3) is 5.91 Å². The van der Waals surface area contributed by atoms with Gasteiger partial charge in [-0.05, 0) is 30.0 Å². The van der Waals surface area contributed by atoms with E-state index in [9.17, 15) is 4.79 Å². The molecule has 24 heavy (non-hydrogen) atoms. The first-order valence-corrected chi connectivity index (χ1v) is 9.63. The number of rotatable bonds is 7. The lowest BCUT2D eigenvalue weighted by Crippen LogP contribution is -2.37. The molecule has 0 saturated heterocycles. The van der Waals surface area contributed by atoms with Crippen LogP contribution in [0.2, 0.25) is 10.0 Å². The van der Waals surface area contributed by atoms with Crippen molar-refractivity contribution in [2.75, 3.05) is 20.3 Å². The van der Waals surface area contributed by atoms with Crippen molar-refractivity contribution in [3.63, 3.8) is 0 Å². The van der Waals surface area contributed by atoms with Crippen LogP contribution in [0, 0.1) is 5.92 Å². The van der Waals surface area contributed by atoms with E-state index in [0.717, 1.165) is 17.2 Å². The predicted octanol–water partition coefficient (Wildman–Crippen LogP) is 4.49. The van der Waals surface area contributed by atoms with E-state index in [1.165, 1.54) is 11.8 Å². The van der Waals surface area contributed by atoms with Crippen molar-refractivity contribution in [2.45, 2.75) is 32.1 Å². The lowest BCUT2D eigenvalue weighted by Gasteiger charge is -2.19. The Morgan fingerprint density at radius 3 is 2.75 bits per heavy atom. The quantitative estimate of drug-likeness (QED) is 0.646. The Kier molecular flexibility index (Phi) is 7.41. The van der Waals surface area contributed by atoms with E-state index in [4.69, 9.17) is 27.9 Å². The first-order chi connectivity index (χ1) is 11.4. The van der Waals surface area contributed by atoms with Crippen LogP contribution in [0.15, 0.2) is 23.2 Å². The SMILES string of the molecule is COCCCN1C(=O)C(C(C)C)N=C1SCc1ccc(Cl)cc1Cl. The molecular weight excluding hydrogens is 367 g/mol. The summed E-state index contributed by atoms with van der Waals surface area (Å²) in [7, 11) is 1.66. The molecule has 1 amide bonds. The summed E-state index contributed by atoms with van der Waals surface area (Å²) in [6.45, 7) is 5.28. The summed E-state index contributed by atoms with van der Waals surface area (Å²) >= 11 is 13.7. The highest BCUT2D eigenvalue weighted by atomic mass is 35.5. The van der Waals surface area contributed by atoms with Gasteiger partial charge in [0.05, 0.1) is 0 Å². The molecule has 1 aromatic carbocycles. The number of aliphatic imine (C=N–C) groups is 1. The van der Waals surface area contributed by atoms with Gasteiger partial charge in [-0.3, -0.25) is 9.69 Å². The second-order valence-electron chi connectivity index (χ2n) is 5.96. The third-order valence-electron chi connectivity index (χ3n) is 3.73. The molecule has 1 unspecified atom stereocenters. The monoisotopic (exact) mass is 388 g/mol. The molecule has 132 valence electrons. The molecule has 0 aliphatic carbocycles. The molecule has 0 radical (unpaired) electrons. The third kappa shape index (κ3) is 4.88. The van der Waals surface area contributed by atoms with Crippen LogP contribution in [0.5, 0.6) is 0 Å². The summed E-state index contributed by atoms with van der Waals surface area (Å²) in [5.41, 5.74) is 0.978. The Morgan fingerprint density at radius 2 is 2.12 bits per heavy atom. The van der Waals surface area contributed by atoms with Crippen LogP contribution in [0.1, 0.15) is 25.8 Å². The highest BCUT2D eigenvalue weighted by Crippen LogP contribution is 2.29. The smallest absolute Gasteiger partial charge is 0.253 e. The number of carbonyl (C=O) groups is 1. The molecule has 1 aromatic rings. The molecule has 0 spiro atoms. The molecule has 1 aliphatic rings. The number of methoxy groups -OCH3 is 1. The van der Waals surface area contributed by atoms with Gasteiger partial charge < -0.3 is 4.74 Å². The van der Waals surface area contributed by atoms with Crippen LogP contribution in [0.25, 0.3) is 0 Å². The summed E-state index contributed by atoms with van der Waals surface area (Å²) in [5.74, 6) is 0.902. The maximum absolute atomic E-state index is 12.6. The zero-order valence-corrected chi connectivity index (χ0v) is 16.4. The second-order valence-corrected chi connectivity index (χ2v) is 7.75. The number of halogens is 2. The number of thioether (sulfide) groups is 1. The highest BCUT2D eigenvalue weighted by Gasteiger charge is 2.36. The zero-order valence-electron chi connectivity index (χ0n) is 14.1. The Hall–Kier alpha value is -0.750. The van der Waals surface area contributed by atoms with E-state index in [0.29, 0.717) is 28.9 Å². The molecule has 0 aromatic heterocycles. The van der Waals surface area contributed by atoms with Crippen molar-refractivity contribution >= 4 is 46.0 Å². The Morgan fingerprint density at radius 1 is 1.38 bits per heavy atom. The van der Waals surface area contributed by atoms with E-state index in [1.807, 2.05) is 26.0 Å². The molecule has 4 nitrogen and oxygen atoms in total. The van der Waals surface area contributed by atoms with Gasteiger partial charge in [0.15, 0.2) is 5.17 Å². The minimum absolute atomic E-state index is 0.0748. The van der Waals surface area contributed by atoms with Crippen LogP contribution in [0.3, 0.4) is 0 Å². The van der Waals surface area contributed by atoms with E-state index < -0.39 is 0 Å². The van der Waals surface area contributed by atoms with Crippen molar-refractivity contribution in [3.8, 4) is 0 Å². The lowest BCUT2D eigenvalue weighted by atomic mass is 10.1. The van der Waals surface area contributed by atoms with Gasteiger partial charge in [-0.2, -0.15) is 0 Å². The van der Waals surface area contributed by atoms with Crippen LogP contribution < -0.4 is 0 Å². The molecule has 1 aliphatic heterocycles. The van der Waals surface area contributed by atoms with E-state index in [2.05, 4.69) is 4.99 Å². The molecule has 0 bridgehead atoms. The minimum atomic E-state index is -0.296. The number of carbonyl (C=O) groups excluding carboxylic acids is 1. The van der Waals surface area contributed by atoms with E-state index in [-0.39, 0.29) is 17.9 Å². The fourth-order valence-electron chi connectivity index (χ4n) is 2.40. The zero-order chi connectivity index (χ0) is 17.7. The molecule has 0 saturated carbocycles. The molecular formula is C17H22Cl2N2O2S. The topological polar surface area (TPSA) is 41.9 Å². The Labute approximate surface area is 157 Å². The summed E-state index contributed by atoms with van der Waals surface area (Å²) in [4.78, 5) is 19.0. The molecule has 1 heterocycles. The van der Waals surface area contributed by atoms with Crippen LogP contribution in [-0.2, 0) is 15.3 Å². The number of benzene rings is 1. The van der Waals surface area contributed by atoms with Gasteiger partial charge >= 0.3 is 0 Å². The van der Waals surface area contributed by atoms with Crippen LogP contribution in [-0.4, -0.2) is 42.3 Å². The van der Waals surface area contributed by atoms with E-state index >= 15 is 0 Å². The number of hydrogen-bond donors (Lipinski definition) is 0. The fraction of sp³-hybridized carbons (Fsp3) is 0.529. The molecule has 1 atom stereocenters. The average Bonchev–Trinajstić information content (AvgIpc) is 2.84. The van der Waals surface area contributed by atoms with Crippen LogP contribution in [0.4, 0.5) is 0 Å². The number of amidine groups is 1. The highest BCUT2D eigenvalue weighted by molar-refractivity contribution is 8.13. The Bertz CT molecular complexity index is 623. The maximum atomic E-state index is 12.6. The average molecular weight is 389 g/mol. The van der Waals surface area contributed by atoms with Gasteiger partial charge in [-0.15, -0.1) is 0 Å². The summed E-state index contributed by atoms with van der Waals surface area (Å²) in [6.07, 6.45) is 0.786. The number of amides is 1. The van der Waals surface area contributed by atoms with Gasteiger partial charge in [-0.25, -0.2) is 4.99 Å². The number of hydrogen-bond acceptors (Lipinski definition) is 4. The van der Waals surface area contributed by atoms with Crippen molar-refractivity contribution in [3.05, 3.63) is 33.8 Å². The maximum Gasteiger partial charge on any atom is 0.253 e. The first kappa shape index (κ1) is 19.6. The van der Waals surface area contributed by atoms with Crippen molar-refractivity contribution in [1.82, 2.24) is 4.90 Å². The summed E-state index contributed by atoms with van der Waals surface area (Å²) in [6, 6.07) is 5.16. The normalized spacial score (nSPS) is 17.8. The van der Waals surface area contributed by atoms with Gasteiger partial charge in [-0.1, -0.05) is 54.9 Å².